The van der Waals surface area contributed by atoms with Crippen LogP contribution >= 0.6 is 0 Å². The maximum Gasteiger partial charge on any atom is 0.251 e. The summed E-state index contributed by atoms with van der Waals surface area (Å²) in [5.74, 6) is 2.71. The monoisotopic (exact) mass is 946 g/mol. The number of carbonyl (C=O) groups excluding carboxylic acids is 3. The first-order valence-corrected chi connectivity index (χ1v) is 26.6. The number of aliphatic hydroxyl groups excluding tert-OH is 5. The summed E-state index contributed by atoms with van der Waals surface area (Å²) in [6.07, 6.45) is 19.1. The molecule has 0 fully saturated rings. The van der Waals surface area contributed by atoms with Crippen LogP contribution in [0.2, 0.25) is 0 Å². The molecule has 3 amide bonds. The van der Waals surface area contributed by atoms with Crippen molar-refractivity contribution in [3.8, 4) is 0 Å². The van der Waals surface area contributed by atoms with E-state index in [9.17, 15) is 34.8 Å². The molecule has 15 nitrogen and oxygen atoms in total. The Morgan fingerprint density at radius 1 is 0.485 bits per heavy atom. The van der Waals surface area contributed by atoms with Gasteiger partial charge in [-0.25, -0.2) is 0 Å². The molecule has 0 spiro atoms. The van der Waals surface area contributed by atoms with Crippen molar-refractivity contribution in [1.82, 2.24) is 26.6 Å². The highest BCUT2D eigenvalue weighted by atomic mass is 16.4. The molecular weight excluding hydrogens is 839 g/mol. The Bertz CT molecular complexity index is 1100. The standard InChI is InChI=1S/C31H62N2O7.C20H45N5O/c1-6-22(2)13-9-14-23(3)11-7-8-12-24(4)15-10-16-25(5)17-18-27(36)32-19-20-33-31(40)30(39)29(38)28(37)26(35)21-34;1-2-20(26)25-16-8-4-3-5-11-19(17-23-14-9-6-12-21)18-24-15-10-7-13-22/h22-26,28-30,34-35,37-39H,6-21H2,1-5H3,(H,32,36)(H,33,40);19,23-24H,2-18,21-22H2,1H3,(H,25,26)/t22?,23?,24?,25?,26-,28-,29+,30-;/m1./s1. The van der Waals surface area contributed by atoms with Crippen molar-refractivity contribution in [2.75, 3.05) is 65.5 Å². The quantitative estimate of drug-likeness (QED) is 0.0359. The van der Waals surface area contributed by atoms with Crippen LogP contribution in [0.4, 0.5) is 0 Å². The van der Waals surface area contributed by atoms with E-state index >= 15 is 0 Å². The molecule has 0 saturated carbocycles. The minimum Gasteiger partial charge on any atom is -0.394 e. The van der Waals surface area contributed by atoms with Crippen LogP contribution < -0.4 is 38.1 Å². The van der Waals surface area contributed by atoms with Gasteiger partial charge in [0.25, 0.3) is 5.91 Å². The van der Waals surface area contributed by atoms with Gasteiger partial charge in [-0.1, -0.05) is 131 Å². The van der Waals surface area contributed by atoms with Crippen molar-refractivity contribution in [3.05, 3.63) is 0 Å². The number of nitrogens with one attached hydrogen (secondary N) is 5. The van der Waals surface area contributed by atoms with Crippen LogP contribution in [-0.4, -0.2) is 133 Å². The molecule has 15 heteroatoms. The molecule has 0 aromatic carbocycles. The topological polar surface area (TPSA) is 265 Å². The SMILES string of the molecule is CCC(=O)NCCCCCCC(CNCCCCN)CNCCCCN.CCC(C)CCCC(C)CCCCC(C)CCCC(C)CCC(=O)NCCNC(=O)[C@H](O)[C@@H](O)[C@H](O)[C@H](O)CO. The van der Waals surface area contributed by atoms with E-state index in [0.29, 0.717) is 24.7 Å². The average molecular weight is 946 g/mol. The van der Waals surface area contributed by atoms with E-state index in [1.807, 2.05) is 6.92 Å². The van der Waals surface area contributed by atoms with Gasteiger partial charge in [0.2, 0.25) is 11.8 Å². The number of aliphatic hydroxyl groups is 5. The van der Waals surface area contributed by atoms with Gasteiger partial charge >= 0.3 is 0 Å². The Kier molecular flexibility index (Phi) is 46.9. The van der Waals surface area contributed by atoms with Crippen molar-refractivity contribution in [3.63, 3.8) is 0 Å². The van der Waals surface area contributed by atoms with Crippen LogP contribution in [0.3, 0.4) is 0 Å². The van der Waals surface area contributed by atoms with E-state index in [0.717, 1.165) is 109 Å². The third-order valence-corrected chi connectivity index (χ3v) is 12.9. The van der Waals surface area contributed by atoms with Crippen molar-refractivity contribution < 1.29 is 39.9 Å². The van der Waals surface area contributed by atoms with Crippen molar-refractivity contribution in [2.24, 2.45) is 41.1 Å². The molecule has 0 radical (unpaired) electrons. The molecule has 0 aliphatic heterocycles. The molecule has 0 aromatic rings. The summed E-state index contributed by atoms with van der Waals surface area (Å²) in [5.41, 5.74) is 11.1. The van der Waals surface area contributed by atoms with Gasteiger partial charge in [0.15, 0.2) is 6.10 Å². The molecular formula is C51H107N7O8. The zero-order valence-electron chi connectivity index (χ0n) is 43.1. The first-order valence-electron chi connectivity index (χ1n) is 26.6. The predicted octanol–water partition coefficient (Wildman–Crippen LogP) is 5.03. The second kappa shape index (κ2) is 46.8. The Morgan fingerprint density at radius 3 is 1.45 bits per heavy atom. The lowest BCUT2D eigenvalue weighted by Crippen LogP contribution is -2.52. The summed E-state index contributed by atoms with van der Waals surface area (Å²) in [6.45, 7) is 19.5. The molecule has 8 atom stereocenters. The third kappa shape index (κ3) is 41.1. The summed E-state index contributed by atoms with van der Waals surface area (Å²) in [7, 11) is 0. The van der Waals surface area contributed by atoms with Crippen LogP contribution in [0.5, 0.6) is 0 Å². The molecule has 0 rings (SSSR count). The Balaban J connectivity index is 0. The van der Waals surface area contributed by atoms with Gasteiger partial charge in [0.05, 0.1) is 6.61 Å². The highest BCUT2D eigenvalue weighted by Crippen LogP contribution is 2.23. The van der Waals surface area contributed by atoms with E-state index in [1.165, 1.54) is 89.9 Å². The van der Waals surface area contributed by atoms with Gasteiger partial charge in [-0.15, -0.1) is 0 Å². The molecule has 0 aromatic heterocycles. The summed E-state index contributed by atoms with van der Waals surface area (Å²) in [5, 5.41) is 62.4. The van der Waals surface area contributed by atoms with Gasteiger partial charge < -0.3 is 63.6 Å². The maximum absolute atomic E-state index is 12.1. The predicted molar refractivity (Wildman–Crippen MR) is 272 cm³/mol. The Morgan fingerprint density at radius 2 is 0.939 bits per heavy atom. The molecule has 394 valence electrons. The van der Waals surface area contributed by atoms with Crippen LogP contribution in [0.15, 0.2) is 0 Å². The first kappa shape index (κ1) is 66.1. The highest BCUT2D eigenvalue weighted by molar-refractivity contribution is 5.81. The molecule has 0 saturated heterocycles. The van der Waals surface area contributed by atoms with Crippen molar-refractivity contribution in [1.29, 1.82) is 0 Å². The molecule has 0 aliphatic carbocycles. The normalized spacial score (nSPS) is 15.2. The van der Waals surface area contributed by atoms with E-state index in [-0.39, 0.29) is 24.9 Å². The average Bonchev–Trinajstić information content (AvgIpc) is 3.31. The summed E-state index contributed by atoms with van der Waals surface area (Å²) in [4.78, 5) is 35.2. The third-order valence-electron chi connectivity index (χ3n) is 12.9. The van der Waals surface area contributed by atoms with Gasteiger partial charge in [0.1, 0.15) is 18.3 Å². The Labute approximate surface area is 403 Å². The van der Waals surface area contributed by atoms with Crippen molar-refractivity contribution in [2.45, 2.75) is 214 Å². The largest absolute Gasteiger partial charge is 0.394 e. The number of carbonyl (C=O) groups is 3. The van der Waals surface area contributed by atoms with Gasteiger partial charge in [-0.3, -0.25) is 14.4 Å². The van der Waals surface area contributed by atoms with E-state index in [1.54, 1.807) is 0 Å². The first-order chi connectivity index (χ1) is 31.7. The van der Waals surface area contributed by atoms with Crippen molar-refractivity contribution >= 4 is 17.7 Å². The number of amides is 3. The lowest BCUT2D eigenvalue weighted by atomic mass is 9.91. The fourth-order valence-corrected chi connectivity index (χ4v) is 7.83. The summed E-state index contributed by atoms with van der Waals surface area (Å²) >= 11 is 0. The number of nitrogens with two attached hydrogens (primary N) is 2. The smallest absolute Gasteiger partial charge is 0.251 e. The van der Waals surface area contributed by atoms with Crippen LogP contribution in [0.25, 0.3) is 0 Å². The minimum atomic E-state index is -1.98. The lowest BCUT2D eigenvalue weighted by molar-refractivity contribution is -0.148. The molecule has 0 aliphatic rings. The number of hydrogen-bond donors (Lipinski definition) is 12. The van der Waals surface area contributed by atoms with Crippen LogP contribution in [0, 0.1) is 29.6 Å². The molecule has 0 heterocycles. The van der Waals surface area contributed by atoms with E-state index in [4.69, 9.17) is 16.6 Å². The number of unbranched alkanes of at least 4 members (excludes halogenated alkanes) is 6. The summed E-state index contributed by atoms with van der Waals surface area (Å²) in [6, 6.07) is 0. The Hall–Kier alpha value is -1.95. The number of rotatable bonds is 45. The molecule has 0 bridgehead atoms. The van der Waals surface area contributed by atoms with Gasteiger partial charge in [-0.05, 0) is 114 Å². The highest BCUT2D eigenvalue weighted by Gasteiger charge is 2.34. The fraction of sp³-hybridized carbons (Fsp3) is 0.941. The molecule has 14 N–H and O–H groups in total. The lowest BCUT2D eigenvalue weighted by Gasteiger charge is -2.24. The van der Waals surface area contributed by atoms with E-state index in [2.05, 4.69) is 61.2 Å². The molecule has 66 heavy (non-hydrogen) atoms. The number of hydrogen-bond acceptors (Lipinski definition) is 12. The van der Waals surface area contributed by atoms with E-state index < -0.39 is 36.9 Å². The fourth-order valence-electron chi connectivity index (χ4n) is 7.83. The zero-order valence-corrected chi connectivity index (χ0v) is 43.1. The van der Waals surface area contributed by atoms with Crippen LogP contribution in [-0.2, 0) is 14.4 Å². The molecule has 4 unspecified atom stereocenters. The van der Waals surface area contributed by atoms with Crippen LogP contribution in [0.1, 0.15) is 189 Å². The zero-order chi connectivity index (χ0) is 49.8. The van der Waals surface area contributed by atoms with Gasteiger partial charge in [0, 0.05) is 32.5 Å². The maximum atomic E-state index is 12.1. The second-order valence-electron chi connectivity index (χ2n) is 19.5. The summed E-state index contributed by atoms with van der Waals surface area (Å²) < 4.78 is 0. The van der Waals surface area contributed by atoms with Gasteiger partial charge in [-0.2, -0.15) is 0 Å². The minimum absolute atomic E-state index is 0.0393. The second-order valence-corrected chi connectivity index (χ2v) is 19.5.